The standard InChI is InChI=1S/C17H21N3O3/c1-22-14-6-4-13(5-7-14)15-3-2-11-20(15)12-10-18-17(21)16-8-9-19-23-16/h4-9,15H,2-3,10-12H2,1H3,(H,18,21). The molecule has 0 radical (unpaired) electrons. The van der Waals surface area contributed by atoms with Gasteiger partial charge in [0.2, 0.25) is 5.76 Å². The molecule has 0 spiro atoms. The molecule has 6 nitrogen and oxygen atoms in total. The van der Waals surface area contributed by atoms with Crippen LogP contribution in [0.15, 0.2) is 41.1 Å². The molecule has 23 heavy (non-hydrogen) atoms. The van der Waals surface area contributed by atoms with Crippen molar-refractivity contribution in [2.45, 2.75) is 18.9 Å². The van der Waals surface area contributed by atoms with Gasteiger partial charge in [0.05, 0.1) is 13.3 Å². The van der Waals surface area contributed by atoms with E-state index in [-0.39, 0.29) is 11.7 Å². The molecule has 1 N–H and O–H groups in total. The van der Waals surface area contributed by atoms with Crippen molar-refractivity contribution in [1.29, 1.82) is 0 Å². The van der Waals surface area contributed by atoms with E-state index in [1.165, 1.54) is 18.2 Å². The summed E-state index contributed by atoms with van der Waals surface area (Å²) in [6, 6.07) is 10.2. The number of methoxy groups -OCH3 is 1. The monoisotopic (exact) mass is 315 g/mol. The summed E-state index contributed by atoms with van der Waals surface area (Å²) in [7, 11) is 1.67. The SMILES string of the molecule is COc1ccc(C2CCCN2CCNC(=O)c2ccno2)cc1. The number of benzene rings is 1. The third-order valence-electron chi connectivity index (χ3n) is 4.21. The molecule has 1 fully saturated rings. The molecule has 1 aliphatic heterocycles. The van der Waals surface area contributed by atoms with Crippen LogP contribution in [0.5, 0.6) is 5.75 Å². The number of carbonyl (C=O) groups excluding carboxylic acids is 1. The summed E-state index contributed by atoms with van der Waals surface area (Å²) in [5, 5.41) is 6.41. The van der Waals surface area contributed by atoms with Gasteiger partial charge in [0, 0.05) is 25.2 Å². The lowest BCUT2D eigenvalue weighted by Crippen LogP contribution is -2.34. The van der Waals surface area contributed by atoms with Gasteiger partial charge in [-0.2, -0.15) is 0 Å². The molecular weight excluding hydrogens is 294 g/mol. The molecule has 1 unspecified atom stereocenters. The van der Waals surface area contributed by atoms with Crippen molar-refractivity contribution >= 4 is 5.91 Å². The molecule has 1 amide bonds. The number of hydrogen-bond donors (Lipinski definition) is 1. The van der Waals surface area contributed by atoms with Gasteiger partial charge in [-0.15, -0.1) is 0 Å². The number of hydrogen-bond acceptors (Lipinski definition) is 5. The molecule has 1 aliphatic rings. The molecule has 0 bridgehead atoms. The number of likely N-dealkylation sites (tertiary alicyclic amines) is 1. The van der Waals surface area contributed by atoms with Gasteiger partial charge in [-0.3, -0.25) is 9.69 Å². The minimum Gasteiger partial charge on any atom is -0.497 e. The third-order valence-corrected chi connectivity index (χ3v) is 4.21. The Morgan fingerprint density at radius 1 is 1.39 bits per heavy atom. The van der Waals surface area contributed by atoms with Crippen LogP contribution < -0.4 is 10.1 Å². The highest BCUT2D eigenvalue weighted by atomic mass is 16.5. The Kier molecular flexibility index (Phi) is 4.92. The number of nitrogens with one attached hydrogen (secondary N) is 1. The topological polar surface area (TPSA) is 67.6 Å². The van der Waals surface area contributed by atoms with Crippen LogP contribution in [0.2, 0.25) is 0 Å². The molecule has 0 aliphatic carbocycles. The summed E-state index contributed by atoms with van der Waals surface area (Å²) in [6.07, 6.45) is 3.78. The Labute approximate surface area is 135 Å². The quantitative estimate of drug-likeness (QED) is 0.885. The Bertz CT molecular complexity index is 625. The Morgan fingerprint density at radius 3 is 2.91 bits per heavy atom. The highest BCUT2D eigenvalue weighted by Gasteiger charge is 2.25. The summed E-state index contributed by atoms with van der Waals surface area (Å²) in [5.41, 5.74) is 1.30. The summed E-state index contributed by atoms with van der Waals surface area (Å²) in [4.78, 5) is 14.2. The van der Waals surface area contributed by atoms with Crippen LogP contribution in [-0.4, -0.2) is 42.7 Å². The fourth-order valence-electron chi connectivity index (χ4n) is 3.03. The van der Waals surface area contributed by atoms with Gasteiger partial charge in [0.1, 0.15) is 5.75 Å². The van der Waals surface area contributed by atoms with E-state index >= 15 is 0 Å². The van der Waals surface area contributed by atoms with Gasteiger partial charge in [-0.1, -0.05) is 17.3 Å². The van der Waals surface area contributed by atoms with Crippen LogP contribution in [0.3, 0.4) is 0 Å². The average molecular weight is 315 g/mol. The minimum absolute atomic E-state index is 0.220. The Balaban J connectivity index is 1.53. The fourth-order valence-corrected chi connectivity index (χ4v) is 3.03. The first-order chi connectivity index (χ1) is 11.3. The highest BCUT2D eigenvalue weighted by molar-refractivity contribution is 5.91. The van der Waals surface area contributed by atoms with Gasteiger partial charge in [0.15, 0.2) is 0 Å². The molecule has 2 heterocycles. The zero-order valence-electron chi connectivity index (χ0n) is 13.2. The van der Waals surface area contributed by atoms with E-state index in [0.717, 1.165) is 25.3 Å². The van der Waals surface area contributed by atoms with E-state index in [0.29, 0.717) is 12.6 Å². The lowest BCUT2D eigenvalue weighted by molar-refractivity contribution is 0.0910. The van der Waals surface area contributed by atoms with Gasteiger partial charge < -0.3 is 14.6 Å². The van der Waals surface area contributed by atoms with Crippen LogP contribution in [0.4, 0.5) is 0 Å². The lowest BCUT2D eigenvalue weighted by Gasteiger charge is -2.25. The highest BCUT2D eigenvalue weighted by Crippen LogP contribution is 2.32. The third kappa shape index (κ3) is 3.71. The van der Waals surface area contributed by atoms with Crippen molar-refractivity contribution in [2.24, 2.45) is 0 Å². The first-order valence-electron chi connectivity index (χ1n) is 7.85. The molecular formula is C17H21N3O3. The summed E-state index contributed by atoms with van der Waals surface area (Å²) in [5.74, 6) is 0.901. The van der Waals surface area contributed by atoms with E-state index < -0.39 is 0 Å². The van der Waals surface area contributed by atoms with E-state index in [9.17, 15) is 4.79 Å². The van der Waals surface area contributed by atoms with Crippen LogP contribution >= 0.6 is 0 Å². The van der Waals surface area contributed by atoms with E-state index in [2.05, 4.69) is 27.5 Å². The maximum absolute atomic E-state index is 11.8. The zero-order chi connectivity index (χ0) is 16.1. The fraction of sp³-hybridized carbons (Fsp3) is 0.412. The molecule has 0 saturated carbocycles. The number of nitrogens with zero attached hydrogens (tertiary/aromatic N) is 2. The van der Waals surface area contributed by atoms with Gasteiger partial charge >= 0.3 is 0 Å². The summed E-state index contributed by atoms with van der Waals surface area (Å²) >= 11 is 0. The van der Waals surface area contributed by atoms with Crippen LogP contribution in [-0.2, 0) is 0 Å². The molecule has 1 saturated heterocycles. The smallest absolute Gasteiger partial charge is 0.289 e. The van der Waals surface area contributed by atoms with Gasteiger partial charge in [-0.05, 0) is 37.1 Å². The summed E-state index contributed by atoms with van der Waals surface area (Å²) in [6.45, 7) is 2.46. The van der Waals surface area contributed by atoms with Crippen LogP contribution in [0.1, 0.15) is 35.0 Å². The maximum Gasteiger partial charge on any atom is 0.289 e. The predicted octanol–water partition coefficient (Wildman–Crippen LogP) is 2.25. The molecule has 1 aromatic carbocycles. The largest absolute Gasteiger partial charge is 0.497 e. The molecule has 1 atom stereocenters. The molecule has 1 aromatic heterocycles. The Morgan fingerprint density at radius 2 is 2.22 bits per heavy atom. The zero-order valence-corrected chi connectivity index (χ0v) is 13.2. The number of aromatic nitrogens is 1. The second kappa shape index (κ2) is 7.28. The number of carbonyl (C=O) groups is 1. The minimum atomic E-state index is -0.220. The normalized spacial score (nSPS) is 18.0. The Hall–Kier alpha value is -2.34. The van der Waals surface area contributed by atoms with Crippen LogP contribution in [0.25, 0.3) is 0 Å². The van der Waals surface area contributed by atoms with Crippen molar-refractivity contribution < 1.29 is 14.1 Å². The summed E-state index contributed by atoms with van der Waals surface area (Å²) < 4.78 is 10.1. The molecule has 2 aromatic rings. The van der Waals surface area contributed by atoms with E-state index in [1.54, 1.807) is 13.2 Å². The van der Waals surface area contributed by atoms with Crippen molar-refractivity contribution in [3.05, 3.63) is 47.9 Å². The van der Waals surface area contributed by atoms with Gasteiger partial charge in [0.25, 0.3) is 5.91 Å². The van der Waals surface area contributed by atoms with Crippen molar-refractivity contribution in [2.75, 3.05) is 26.7 Å². The van der Waals surface area contributed by atoms with E-state index in [1.807, 2.05) is 12.1 Å². The van der Waals surface area contributed by atoms with Gasteiger partial charge in [-0.25, -0.2) is 0 Å². The lowest BCUT2D eigenvalue weighted by atomic mass is 10.0. The molecule has 6 heteroatoms. The van der Waals surface area contributed by atoms with E-state index in [4.69, 9.17) is 9.26 Å². The number of amides is 1. The first-order valence-corrected chi connectivity index (χ1v) is 7.85. The average Bonchev–Trinajstić information content (AvgIpc) is 3.26. The van der Waals surface area contributed by atoms with Crippen LogP contribution in [0, 0.1) is 0 Å². The number of rotatable bonds is 6. The number of ether oxygens (including phenoxy) is 1. The maximum atomic E-state index is 11.8. The molecule has 3 rings (SSSR count). The predicted molar refractivity (Wildman–Crippen MR) is 85.4 cm³/mol. The second-order valence-corrected chi connectivity index (χ2v) is 5.60. The molecule has 122 valence electrons. The first kappa shape index (κ1) is 15.6. The van der Waals surface area contributed by atoms with Crippen molar-refractivity contribution in [3.63, 3.8) is 0 Å². The van der Waals surface area contributed by atoms with Crippen molar-refractivity contribution in [1.82, 2.24) is 15.4 Å². The second-order valence-electron chi connectivity index (χ2n) is 5.60. The van der Waals surface area contributed by atoms with Crippen molar-refractivity contribution in [3.8, 4) is 5.75 Å².